The lowest BCUT2D eigenvalue weighted by Gasteiger charge is -2.20. The van der Waals surface area contributed by atoms with Crippen molar-refractivity contribution >= 4 is 33.7 Å². The molecule has 8 heteroatoms. The molecule has 1 aliphatic carbocycles. The van der Waals surface area contributed by atoms with E-state index in [2.05, 4.69) is 30.5 Å². The van der Waals surface area contributed by atoms with Gasteiger partial charge in [-0.3, -0.25) is 14.9 Å². The van der Waals surface area contributed by atoms with Crippen molar-refractivity contribution < 1.29 is 4.79 Å². The molecule has 0 saturated heterocycles. The molecule has 0 aliphatic heterocycles. The summed E-state index contributed by atoms with van der Waals surface area (Å²) >= 11 is 0. The number of carbonyl (C=O) groups excluding carboxylic acids is 1. The molecule has 1 saturated carbocycles. The molecule has 0 unspecified atom stereocenters. The first kappa shape index (κ1) is 19.6. The quantitative estimate of drug-likeness (QED) is 0.363. The topological polar surface area (TPSA) is 112 Å². The lowest BCUT2D eigenvalue weighted by Crippen LogP contribution is -2.24. The van der Waals surface area contributed by atoms with E-state index < -0.39 is 0 Å². The number of nitrogens with zero attached hydrogens (tertiary/aromatic N) is 4. The monoisotopic (exact) mass is 437 g/mol. The standard InChI is InChI=1S/C25H23N7O/c33-25(15-6-2-1-3-7-15)27-17-12-16(13-26-14-17)18-10-11-21-22(28-18)23(32-31-21)24-29-19-8-4-5-9-20(19)30-24/h4-5,8-15H,1-3,6-7H2,(H,27,33)(H,29,30)(H,31,32). The van der Waals surface area contributed by atoms with E-state index in [1.165, 1.54) is 6.42 Å². The van der Waals surface area contributed by atoms with Gasteiger partial charge < -0.3 is 10.3 Å². The normalized spacial score (nSPS) is 14.7. The SMILES string of the molecule is O=C(Nc1cncc(-c2ccc3[nH]nc(-c4nc5ccccc5[nH]4)c3n2)c1)C1CCCCC1. The number of H-pyrrole nitrogens is 2. The number of para-hydroxylation sites is 2. The van der Waals surface area contributed by atoms with Crippen molar-refractivity contribution in [1.29, 1.82) is 0 Å². The summed E-state index contributed by atoms with van der Waals surface area (Å²) in [7, 11) is 0. The van der Waals surface area contributed by atoms with Gasteiger partial charge in [0.1, 0.15) is 5.52 Å². The molecule has 0 spiro atoms. The van der Waals surface area contributed by atoms with Gasteiger partial charge in [-0.15, -0.1) is 0 Å². The van der Waals surface area contributed by atoms with Crippen molar-refractivity contribution in [3.63, 3.8) is 0 Å². The number of imidazole rings is 1. The van der Waals surface area contributed by atoms with Gasteiger partial charge in [0.25, 0.3) is 0 Å². The molecule has 1 aliphatic rings. The Morgan fingerprint density at radius 1 is 0.970 bits per heavy atom. The van der Waals surface area contributed by atoms with E-state index >= 15 is 0 Å². The van der Waals surface area contributed by atoms with Crippen LogP contribution in [0.1, 0.15) is 32.1 Å². The van der Waals surface area contributed by atoms with Crippen LogP contribution in [0.15, 0.2) is 54.9 Å². The maximum Gasteiger partial charge on any atom is 0.227 e. The lowest BCUT2D eigenvalue weighted by atomic mass is 9.88. The molecule has 4 aromatic heterocycles. The molecule has 1 amide bonds. The number of aromatic amines is 2. The van der Waals surface area contributed by atoms with Crippen molar-refractivity contribution in [2.75, 3.05) is 5.32 Å². The smallest absolute Gasteiger partial charge is 0.227 e. The fraction of sp³-hybridized carbons (Fsp3) is 0.240. The summed E-state index contributed by atoms with van der Waals surface area (Å²) in [6.45, 7) is 0. The van der Waals surface area contributed by atoms with Gasteiger partial charge in [0, 0.05) is 17.7 Å². The molecule has 1 aromatic carbocycles. The summed E-state index contributed by atoms with van der Waals surface area (Å²) in [4.78, 5) is 29.8. The van der Waals surface area contributed by atoms with Crippen LogP contribution in [0.2, 0.25) is 0 Å². The van der Waals surface area contributed by atoms with Crippen LogP contribution in [0.4, 0.5) is 5.69 Å². The molecule has 6 rings (SSSR count). The first-order valence-electron chi connectivity index (χ1n) is 11.3. The molecule has 5 aromatic rings. The van der Waals surface area contributed by atoms with Gasteiger partial charge in [-0.1, -0.05) is 31.4 Å². The van der Waals surface area contributed by atoms with E-state index in [1.807, 2.05) is 42.5 Å². The Bertz CT molecular complexity index is 1430. The minimum atomic E-state index is 0.0825. The zero-order valence-electron chi connectivity index (χ0n) is 18.0. The second-order valence-corrected chi connectivity index (χ2v) is 8.55. The molecule has 4 heterocycles. The molecular formula is C25H23N7O. The highest BCUT2D eigenvalue weighted by Crippen LogP contribution is 2.29. The van der Waals surface area contributed by atoms with Gasteiger partial charge in [-0.05, 0) is 43.2 Å². The molecule has 164 valence electrons. The van der Waals surface area contributed by atoms with Crippen LogP contribution in [0.3, 0.4) is 0 Å². The van der Waals surface area contributed by atoms with E-state index in [0.717, 1.165) is 59.0 Å². The summed E-state index contributed by atoms with van der Waals surface area (Å²) in [5.41, 5.74) is 6.31. The Balaban J connectivity index is 1.32. The molecular weight excluding hydrogens is 414 g/mol. The molecule has 33 heavy (non-hydrogen) atoms. The van der Waals surface area contributed by atoms with Gasteiger partial charge in [-0.25, -0.2) is 9.97 Å². The second kappa shape index (κ2) is 8.12. The average Bonchev–Trinajstić information content (AvgIpc) is 3.48. The molecule has 8 nitrogen and oxygen atoms in total. The first-order valence-corrected chi connectivity index (χ1v) is 11.3. The van der Waals surface area contributed by atoms with E-state index in [0.29, 0.717) is 17.2 Å². The number of hydrogen-bond acceptors (Lipinski definition) is 5. The van der Waals surface area contributed by atoms with Crippen LogP contribution in [0.25, 0.3) is 44.8 Å². The number of hydrogen-bond donors (Lipinski definition) is 3. The van der Waals surface area contributed by atoms with Crippen LogP contribution in [-0.4, -0.2) is 36.0 Å². The van der Waals surface area contributed by atoms with E-state index in [9.17, 15) is 4.79 Å². The van der Waals surface area contributed by atoms with Crippen LogP contribution >= 0.6 is 0 Å². The Hall–Kier alpha value is -4.07. The Morgan fingerprint density at radius 3 is 2.73 bits per heavy atom. The van der Waals surface area contributed by atoms with Gasteiger partial charge in [0.2, 0.25) is 5.91 Å². The predicted octanol–water partition coefficient (Wildman–Crippen LogP) is 5.08. The molecule has 0 atom stereocenters. The third kappa shape index (κ3) is 3.73. The summed E-state index contributed by atoms with van der Waals surface area (Å²) < 4.78 is 0. The number of pyridine rings is 2. The molecule has 0 radical (unpaired) electrons. The second-order valence-electron chi connectivity index (χ2n) is 8.55. The van der Waals surface area contributed by atoms with Gasteiger partial charge in [0.05, 0.1) is 34.1 Å². The fourth-order valence-corrected chi connectivity index (χ4v) is 4.55. The number of amides is 1. The average molecular weight is 438 g/mol. The minimum absolute atomic E-state index is 0.0825. The molecule has 1 fully saturated rings. The van der Waals surface area contributed by atoms with E-state index in [4.69, 9.17) is 4.98 Å². The van der Waals surface area contributed by atoms with Crippen molar-refractivity contribution in [3.05, 3.63) is 54.9 Å². The maximum atomic E-state index is 12.7. The van der Waals surface area contributed by atoms with Crippen molar-refractivity contribution in [2.24, 2.45) is 5.92 Å². The van der Waals surface area contributed by atoms with Gasteiger partial charge >= 0.3 is 0 Å². The number of fused-ring (bicyclic) bond motifs is 2. The third-order valence-electron chi connectivity index (χ3n) is 6.30. The highest BCUT2D eigenvalue weighted by molar-refractivity contribution is 5.94. The summed E-state index contributed by atoms with van der Waals surface area (Å²) in [5, 5.41) is 10.5. The maximum absolute atomic E-state index is 12.7. The third-order valence-corrected chi connectivity index (χ3v) is 6.30. The first-order chi connectivity index (χ1) is 16.2. The number of aromatic nitrogens is 6. The molecule has 0 bridgehead atoms. The summed E-state index contributed by atoms with van der Waals surface area (Å²) in [6, 6.07) is 13.7. The van der Waals surface area contributed by atoms with Crippen molar-refractivity contribution in [2.45, 2.75) is 32.1 Å². The van der Waals surface area contributed by atoms with Gasteiger partial charge in [-0.2, -0.15) is 5.10 Å². The van der Waals surface area contributed by atoms with E-state index in [1.54, 1.807) is 12.4 Å². The minimum Gasteiger partial charge on any atom is -0.337 e. The van der Waals surface area contributed by atoms with Crippen molar-refractivity contribution in [3.8, 4) is 22.8 Å². The summed E-state index contributed by atoms with van der Waals surface area (Å²) in [5.74, 6) is 0.840. The zero-order valence-corrected chi connectivity index (χ0v) is 18.0. The number of anilines is 1. The molecule has 3 N–H and O–H groups in total. The van der Waals surface area contributed by atoms with E-state index in [-0.39, 0.29) is 11.8 Å². The summed E-state index contributed by atoms with van der Waals surface area (Å²) in [6.07, 6.45) is 8.83. The van der Waals surface area contributed by atoms with Crippen LogP contribution in [-0.2, 0) is 4.79 Å². The highest BCUT2D eigenvalue weighted by Gasteiger charge is 2.21. The van der Waals surface area contributed by atoms with Crippen LogP contribution in [0.5, 0.6) is 0 Å². The number of rotatable bonds is 4. The largest absolute Gasteiger partial charge is 0.337 e. The number of carbonyl (C=O) groups is 1. The highest BCUT2D eigenvalue weighted by atomic mass is 16.1. The number of nitrogens with one attached hydrogen (secondary N) is 3. The van der Waals surface area contributed by atoms with Crippen LogP contribution < -0.4 is 5.32 Å². The Kier molecular flexibility index (Phi) is 4.83. The Labute approximate surface area is 189 Å². The van der Waals surface area contributed by atoms with Crippen molar-refractivity contribution in [1.82, 2.24) is 30.1 Å². The van der Waals surface area contributed by atoms with Gasteiger partial charge in [0.15, 0.2) is 11.5 Å². The predicted molar refractivity (Wildman–Crippen MR) is 127 cm³/mol. The number of benzene rings is 1. The van der Waals surface area contributed by atoms with Crippen LogP contribution in [0, 0.1) is 5.92 Å². The Morgan fingerprint density at radius 2 is 1.85 bits per heavy atom. The zero-order chi connectivity index (χ0) is 22.2. The fourth-order valence-electron chi connectivity index (χ4n) is 4.55. The lowest BCUT2D eigenvalue weighted by molar-refractivity contribution is -0.120.